The van der Waals surface area contributed by atoms with Gasteiger partial charge in [0.25, 0.3) is 11.8 Å². The highest BCUT2D eigenvalue weighted by Gasteiger charge is 2.37. The van der Waals surface area contributed by atoms with Crippen LogP contribution in [0, 0.1) is 0 Å². The number of imide groups is 1. The van der Waals surface area contributed by atoms with Crippen molar-refractivity contribution in [2.45, 2.75) is 5.92 Å². The van der Waals surface area contributed by atoms with Gasteiger partial charge >= 0.3 is 0 Å². The fraction of sp³-hybridized carbons (Fsp3) is 0.0870. The molecule has 6 heteroatoms. The van der Waals surface area contributed by atoms with Crippen molar-refractivity contribution in [3.8, 4) is 5.75 Å². The number of hydrogen-bond acceptors (Lipinski definition) is 5. The maximum absolute atomic E-state index is 12.8. The molecular weight excluding hydrogens is 366 g/mol. The van der Waals surface area contributed by atoms with Crippen LogP contribution in [-0.4, -0.2) is 23.9 Å². The molecule has 0 bridgehead atoms. The van der Waals surface area contributed by atoms with Crippen molar-refractivity contribution in [1.29, 1.82) is 0 Å². The van der Waals surface area contributed by atoms with Crippen LogP contribution in [-0.2, 0) is 9.59 Å². The average molecular weight is 385 g/mol. The van der Waals surface area contributed by atoms with Gasteiger partial charge in [-0.25, -0.2) is 0 Å². The Balaban J connectivity index is 1.83. The predicted octanol–water partition coefficient (Wildman–Crippen LogP) is 3.24. The second-order valence-electron chi connectivity index (χ2n) is 6.55. The van der Waals surface area contributed by atoms with Crippen LogP contribution in [0.5, 0.6) is 5.75 Å². The Morgan fingerprint density at radius 2 is 1.52 bits per heavy atom. The zero-order valence-electron chi connectivity index (χ0n) is 15.8. The van der Waals surface area contributed by atoms with Crippen molar-refractivity contribution in [2.24, 2.45) is 0 Å². The monoisotopic (exact) mass is 385 g/mol. The highest BCUT2D eigenvalue weighted by molar-refractivity contribution is 6.21. The number of amides is 2. The van der Waals surface area contributed by atoms with E-state index in [1.165, 1.54) is 0 Å². The molecule has 2 amide bonds. The van der Waals surface area contributed by atoms with Gasteiger partial charge in [0, 0.05) is 24.0 Å². The van der Waals surface area contributed by atoms with Gasteiger partial charge in [-0.1, -0.05) is 30.3 Å². The number of anilines is 1. The SMILES string of the molecule is COc1ccc(NC2=C(C(c3ccccc3)c3ccncc3)C(=O)NC2=O)cc1. The molecule has 3 aromatic rings. The number of nitrogens with zero attached hydrogens (tertiary/aromatic N) is 1. The summed E-state index contributed by atoms with van der Waals surface area (Å²) in [7, 11) is 1.59. The lowest BCUT2D eigenvalue weighted by Gasteiger charge is -2.19. The first kappa shape index (κ1) is 18.4. The molecule has 2 aromatic carbocycles. The Kier molecular flexibility index (Phi) is 5.07. The van der Waals surface area contributed by atoms with E-state index in [4.69, 9.17) is 4.74 Å². The summed E-state index contributed by atoms with van der Waals surface area (Å²) in [5, 5.41) is 5.54. The highest BCUT2D eigenvalue weighted by Crippen LogP contribution is 2.36. The molecule has 1 unspecified atom stereocenters. The van der Waals surface area contributed by atoms with E-state index < -0.39 is 17.7 Å². The second-order valence-corrected chi connectivity index (χ2v) is 6.55. The Morgan fingerprint density at radius 3 is 2.17 bits per heavy atom. The van der Waals surface area contributed by atoms with Gasteiger partial charge in [-0.3, -0.25) is 19.9 Å². The summed E-state index contributed by atoms with van der Waals surface area (Å²) >= 11 is 0. The predicted molar refractivity (Wildman–Crippen MR) is 109 cm³/mol. The molecule has 144 valence electrons. The van der Waals surface area contributed by atoms with Crippen molar-refractivity contribution in [3.63, 3.8) is 0 Å². The van der Waals surface area contributed by atoms with Crippen LogP contribution in [0.15, 0.2) is 90.4 Å². The summed E-state index contributed by atoms with van der Waals surface area (Å²) in [6.45, 7) is 0. The first-order valence-electron chi connectivity index (χ1n) is 9.13. The highest BCUT2D eigenvalue weighted by atomic mass is 16.5. The summed E-state index contributed by atoms with van der Waals surface area (Å²) in [6.07, 6.45) is 3.36. The quantitative estimate of drug-likeness (QED) is 0.637. The van der Waals surface area contributed by atoms with E-state index in [9.17, 15) is 9.59 Å². The third-order valence-corrected chi connectivity index (χ3v) is 4.79. The third kappa shape index (κ3) is 3.73. The van der Waals surface area contributed by atoms with Crippen molar-refractivity contribution >= 4 is 17.5 Å². The van der Waals surface area contributed by atoms with E-state index in [1.54, 1.807) is 43.8 Å². The maximum Gasteiger partial charge on any atom is 0.275 e. The van der Waals surface area contributed by atoms with E-state index in [0.29, 0.717) is 17.0 Å². The van der Waals surface area contributed by atoms with E-state index in [1.807, 2.05) is 42.5 Å². The number of aromatic nitrogens is 1. The summed E-state index contributed by atoms with van der Waals surface area (Å²) in [6, 6.07) is 20.5. The van der Waals surface area contributed by atoms with Crippen molar-refractivity contribution in [2.75, 3.05) is 12.4 Å². The molecule has 1 aliphatic rings. The van der Waals surface area contributed by atoms with E-state index in [-0.39, 0.29) is 5.70 Å². The van der Waals surface area contributed by atoms with Gasteiger partial charge in [-0.2, -0.15) is 0 Å². The smallest absolute Gasteiger partial charge is 0.275 e. The lowest BCUT2D eigenvalue weighted by Crippen LogP contribution is -2.25. The molecule has 0 aliphatic carbocycles. The first-order chi connectivity index (χ1) is 14.2. The summed E-state index contributed by atoms with van der Waals surface area (Å²) < 4.78 is 5.17. The normalized spacial score (nSPS) is 14.5. The minimum atomic E-state index is -0.448. The number of carbonyl (C=O) groups excluding carboxylic acids is 2. The van der Waals surface area contributed by atoms with Crippen molar-refractivity contribution in [1.82, 2.24) is 10.3 Å². The molecular formula is C23H19N3O3. The van der Waals surface area contributed by atoms with Gasteiger partial charge in [0.05, 0.1) is 12.7 Å². The molecule has 0 fully saturated rings. The number of hydrogen-bond donors (Lipinski definition) is 2. The van der Waals surface area contributed by atoms with Gasteiger partial charge in [-0.05, 0) is 47.5 Å². The number of methoxy groups -OCH3 is 1. The molecule has 6 nitrogen and oxygen atoms in total. The molecule has 1 aromatic heterocycles. The van der Waals surface area contributed by atoms with Gasteiger partial charge in [0.2, 0.25) is 0 Å². The Morgan fingerprint density at radius 1 is 0.862 bits per heavy atom. The number of nitrogens with one attached hydrogen (secondary N) is 2. The number of ether oxygens (including phenoxy) is 1. The Labute approximate surface area is 168 Å². The molecule has 0 radical (unpaired) electrons. The minimum absolute atomic E-state index is 0.242. The zero-order valence-corrected chi connectivity index (χ0v) is 15.8. The summed E-state index contributed by atoms with van der Waals surface area (Å²) in [5.41, 5.74) is 3.09. The van der Waals surface area contributed by atoms with Gasteiger partial charge in [0.1, 0.15) is 11.4 Å². The van der Waals surface area contributed by atoms with Crippen molar-refractivity contribution in [3.05, 3.63) is 102 Å². The third-order valence-electron chi connectivity index (χ3n) is 4.79. The van der Waals surface area contributed by atoms with Gasteiger partial charge < -0.3 is 10.1 Å². The summed E-state index contributed by atoms with van der Waals surface area (Å²) in [5.74, 6) is -0.561. The molecule has 4 rings (SSSR count). The van der Waals surface area contributed by atoms with Gasteiger partial charge in [-0.15, -0.1) is 0 Å². The fourth-order valence-electron chi connectivity index (χ4n) is 3.41. The fourth-order valence-corrected chi connectivity index (χ4v) is 3.41. The Hall–Kier alpha value is -3.93. The van der Waals surface area contributed by atoms with E-state index >= 15 is 0 Å². The number of rotatable bonds is 6. The van der Waals surface area contributed by atoms with Crippen LogP contribution in [0.2, 0.25) is 0 Å². The van der Waals surface area contributed by atoms with Crippen LogP contribution < -0.4 is 15.4 Å². The topological polar surface area (TPSA) is 80.3 Å². The standard InChI is InChI=1S/C23H19N3O3/c1-29-18-9-7-17(8-10-18)25-21-20(22(27)26-23(21)28)19(15-5-3-2-4-6-15)16-11-13-24-14-12-16/h2-14,19H,1H3,(H2,25,26,27,28). The van der Waals surface area contributed by atoms with Crippen LogP contribution in [0.3, 0.4) is 0 Å². The molecule has 0 saturated carbocycles. The molecule has 0 spiro atoms. The molecule has 2 N–H and O–H groups in total. The second kappa shape index (κ2) is 7.98. The molecule has 2 heterocycles. The van der Waals surface area contributed by atoms with E-state index in [0.717, 1.165) is 11.1 Å². The van der Waals surface area contributed by atoms with Crippen LogP contribution in [0.25, 0.3) is 0 Å². The first-order valence-corrected chi connectivity index (χ1v) is 9.13. The number of carbonyl (C=O) groups is 2. The zero-order chi connectivity index (χ0) is 20.2. The Bertz CT molecular complexity index is 1020. The molecule has 0 saturated heterocycles. The van der Waals surface area contributed by atoms with Gasteiger partial charge in [0.15, 0.2) is 0 Å². The number of benzene rings is 2. The largest absolute Gasteiger partial charge is 0.497 e. The molecule has 1 aliphatic heterocycles. The minimum Gasteiger partial charge on any atom is -0.497 e. The summed E-state index contributed by atoms with van der Waals surface area (Å²) in [4.78, 5) is 29.5. The number of pyridine rings is 1. The lowest BCUT2D eigenvalue weighted by atomic mass is 9.84. The van der Waals surface area contributed by atoms with Crippen LogP contribution >= 0.6 is 0 Å². The molecule has 1 atom stereocenters. The van der Waals surface area contributed by atoms with Crippen LogP contribution in [0.4, 0.5) is 5.69 Å². The van der Waals surface area contributed by atoms with Crippen LogP contribution in [0.1, 0.15) is 17.0 Å². The molecule has 29 heavy (non-hydrogen) atoms. The van der Waals surface area contributed by atoms with Crippen molar-refractivity contribution < 1.29 is 14.3 Å². The van der Waals surface area contributed by atoms with E-state index in [2.05, 4.69) is 15.6 Å². The average Bonchev–Trinajstić information content (AvgIpc) is 3.03. The lowest BCUT2D eigenvalue weighted by molar-refractivity contribution is -0.124. The maximum atomic E-state index is 12.8.